The topological polar surface area (TPSA) is 85.6 Å². The molecular formula is C20H14FN3O4. The van der Waals surface area contributed by atoms with E-state index >= 15 is 0 Å². The zero-order valence-corrected chi connectivity index (χ0v) is 14.5. The van der Waals surface area contributed by atoms with Crippen LogP contribution in [-0.4, -0.2) is 15.8 Å². The van der Waals surface area contributed by atoms with E-state index in [1.165, 1.54) is 29.2 Å². The zero-order chi connectivity index (χ0) is 19.7. The molecule has 0 spiro atoms. The van der Waals surface area contributed by atoms with Gasteiger partial charge in [0.1, 0.15) is 5.82 Å². The summed E-state index contributed by atoms with van der Waals surface area (Å²) in [6.07, 6.45) is -0.905. The third-order valence-corrected chi connectivity index (χ3v) is 4.36. The predicted octanol–water partition coefficient (Wildman–Crippen LogP) is 3.80. The molecule has 0 saturated heterocycles. The maximum absolute atomic E-state index is 13.2. The van der Waals surface area contributed by atoms with Crippen LogP contribution in [0.1, 0.15) is 17.2 Å². The van der Waals surface area contributed by atoms with Crippen LogP contribution in [0.2, 0.25) is 0 Å². The zero-order valence-electron chi connectivity index (χ0n) is 14.5. The fourth-order valence-electron chi connectivity index (χ4n) is 3.00. The Bertz CT molecular complexity index is 1040. The summed E-state index contributed by atoms with van der Waals surface area (Å²) in [7, 11) is 0. The highest BCUT2D eigenvalue weighted by Crippen LogP contribution is 2.39. The number of ether oxygens (including phenoxy) is 1. The summed E-state index contributed by atoms with van der Waals surface area (Å²) in [5.74, 6) is -0.862. The van der Waals surface area contributed by atoms with E-state index in [1.54, 1.807) is 36.4 Å². The van der Waals surface area contributed by atoms with Crippen LogP contribution in [0.15, 0.2) is 66.7 Å². The third-order valence-electron chi connectivity index (χ3n) is 4.36. The smallest absolute Gasteiger partial charge is 0.366 e. The number of anilines is 1. The largest absolute Gasteiger partial charge is 0.469 e. The molecule has 0 fully saturated rings. The van der Waals surface area contributed by atoms with E-state index in [1.807, 2.05) is 6.07 Å². The second-order valence-corrected chi connectivity index (χ2v) is 6.21. The van der Waals surface area contributed by atoms with Crippen molar-refractivity contribution in [1.29, 1.82) is 0 Å². The van der Waals surface area contributed by atoms with Gasteiger partial charge in [-0.25, -0.2) is 4.39 Å². The minimum Gasteiger partial charge on any atom is -0.469 e. The molecule has 1 atom stereocenters. The molecule has 0 N–H and O–H groups in total. The number of pyridine rings is 1. The molecule has 0 radical (unpaired) electrons. The predicted molar refractivity (Wildman–Crippen MR) is 98.3 cm³/mol. The van der Waals surface area contributed by atoms with Crippen molar-refractivity contribution in [2.75, 3.05) is 4.90 Å². The summed E-state index contributed by atoms with van der Waals surface area (Å²) >= 11 is 0. The summed E-state index contributed by atoms with van der Waals surface area (Å²) in [6.45, 7) is 0.0764. The van der Waals surface area contributed by atoms with Crippen molar-refractivity contribution in [3.05, 3.63) is 93.8 Å². The molecule has 3 aromatic rings. The number of rotatable bonds is 4. The summed E-state index contributed by atoms with van der Waals surface area (Å²) in [4.78, 5) is 29.0. The van der Waals surface area contributed by atoms with Crippen molar-refractivity contribution in [3.8, 4) is 5.75 Å². The first-order valence-electron chi connectivity index (χ1n) is 8.46. The minimum absolute atomic E-state index is 0.0655. The summed E-state index contributed by atoms with van der Waals surface area (Å²) in [5, 5.41) is 11.1. The normalized spacial score (nSPS) is 15.7. The van der Waals surface area contributed by atoms with Crippen LogP contribution in [-0.2, 0) is 11.3 Å². The van der Waals surface area contributed by atoms with Gasteiger partial charge < -0.3 is 14.9 Å². The van der Waals surface area contributed by atoms with Crippen LogP contribution >= 0.6 is 0 Å². The van der Waals surface area contributed by atoms with Crippen molar-refractivity contribution in [2.24, 2.45) is 0 Å². The monoisotopic (exact) mass is 379 g/mol. The Morgan fingerprint density at radius 2 is 1.79 bits per heavy atom. The van der Waals surface area contributed by atoms with Gasteiger partial charge in [0.25, 0.3) is 11.7 Å². The maximum Gasteiger partial charge on any atom is 0.366 e. The molecule has 2 aromatic carbocycles. The fraction of sp³-hybridized carbons (Fsp3) is 0.100. The molecular weight excluding hydrogens is 365 g/mol. The highest BCUT2D eigenvalue weighted by molar-refractivity contribution is 5.99. The summed E-state index contributed by atoms with van der Waals surface area (Å²) < 4.78 is 19.0. The first-order valence-corrected chi connectivity index (χ1v) is 8.46. The van der Waals surface area contributed by atoms with Crippen LogP contribution < -0.4 is 9.64 Å². The fourth-order valence-corrected chi connectivity index (χ4v) is 3.00. The second-order valence-electron chi connectivity index (χ2n) is 6.21. The number of nitrogens with zero attached hydrogens (tertiary/aromatic N) is 3. The average Bonchev–Trinajstić information content (AvgIpc) is 2.71. The molecule has 1 aliphatic rings. The van der Waals surface area contributed by atoms with E-state index in [-0.39, 0.29) is 18.1 Å². The Hall–Kier alpha value is -3.81. The molecule has 4 rings (SSSR count). The molecule has 0 bridgehead atoms. The van der Waals surface area contributed by atoms with E-state index in [9.17, 15) is 19.3 Å². The van der Waals surface area contributed by atoms with Crippen LogP contribution in [0.25, 0.3) is 0 Å². The number of halogens is 1. The van der Waals surface area contributed by atoms with Crippen molar-refractivity contribution in [2.45, 2.75) is 12.6 Å². The molecule has 140 valence electrons. The Labute approximate surface area is 159 Å². The number of hydrogen-bond acceptors (Lipinski definition) is 5. The molecule has 1 unspecified atom stereocenters. The van der Waals surface area contributed by atoms with Crippen molar-refractivity contribution in [3.63, 3.8) is 0 Å². The SMILES string of the molecule is O=C1C(c2ccccc2)Oc2ccc([N+](=O)[O-])nc2N1Cc1ccc(F)cc1. The number of nitro groups is 1. The third kappa shape index (κ3) is 3.27. The molecule has 1 amide bonds. The summed E-state index contributed by atoms with van der Waals surface area (Å²) in [5.41, 5.74) is 1.31. The molecule has 8 heteroatoms. The van der Waals surface area contributed by atoms with E-state index in [0.717, 1.165) is 0 Å². The number of carbonyl (C=O) groups is 1. The number of hydrogen-bond donors (Lipinski definition) is 0. The number of benzene rings is 2. The Morgan fingerprint density at radius 1 is 1.07 bits per heavy atom. The molecule has 0 saturated carbocycles. The Morgan fingerprint density at radius 3 is 2.46 bits per heavy atom. The lowest BCUT2D eigenvalue weighted by molar-refractivity contribution is -0.389. The number of fused-ring (bicyclic) bond motifs is 1. The van der Waals surface area contributed by atoms with E-state index < -0.39 is 28.6 Å². The second kappa shape index (κ2) is 7.07. The molecule has 1 aromatic heterocycles. The first kappa shape index (κ1) is 17.6. The van der Waals surface area contributed by atoms with Gasteiger partial charge in [-0.3, -0.25) is 9.69 Å². The lowest BCUT2D eigenvalue weighted by atomic mass is 10.1. The van der Waals surface area contributed by atoms with Crippen LogP contribution in [0.3, 0.4) is 0 Å². The van der Waals surface area contributed by atoms with Gasteiger partial charge >= 0.3 is 5.82 Å². The van der Waals surface area contributed by atoms with E-state index in [2.05, 4.69) is 4.98 Å². The highest BCUT2D eigenvalue weighted by atomic mass is 19.1. The van der Waals surface area contributed by atoms with Gasteiger partial charge in [-0.05, 0) is 33.7 Å². The molecule has 0 aliphatic carbocycles. The van der Waals surface area contributed by atoms with E-state index in [0.29, 0.717) is 11.1 Å². The van der Waals surface area contributed by atoms with Gasteiger partial charge in [-0.15, -0.1) is 0 Å². The average molecular weight is 379 g/mol. The summed E-state index contributed by atoms with van der Waals surface area (Å²) in [6, 6.07) is 17.3. The standard InChI is InChI=1S/C20H14FN3O4/c21-15-8-6-13(7-9-15)12-23-19-16(10-11-17(22-19)24(26)27)28-18(20(23)25)14-4-2-1-3-5-14/h1-11,18H,12H2. The highest BCUT2D eigenvalue weighted by Gasteiger charge is 2.39. The van der Waals surface area contributed by atoms with E-state index in [4.69, 9.17) is 4.74 Å². The van der Waals surface area contributed by atoms with Crippen molar-refractivity contribution in [1.82, 2.24) is 4.98 Å². The molecule has 2 heterocycles. The minimum atomic E-state index is -0.905. The van der Waals surface area contributed by atoms with Crippen LogP contribution in [0.4, 0.5) is 16.0 Å². The van der Waals surface area contributed by atoms with Crippen molar-refractivity contribution >= 4 is 17.5 Å². The van der Waals surface area contributed by atoms with Gasteiger partial charge in [0.15, 0.2) is 5.75 Å². The maximum atomic E-state index is 13.2. The Kier molecular flexibility index (Phi) is 4.44. The number of amides is 1. The van der Waals surface area contributed by atoms with Gasteiger partial charge in [0.2, 0.25) is 6.10 Å². The van der Waals surface area contributed by atoms with Crippen LogP contribution in [0, 0.1) is 15.9 Å². The molecule has 28 heavy (non-hydrogen) atoms. The lowest BCUT2D eigenvalue weighted by Crippen LogP contribution is -2.41. The van der Waals surface area contributed by atoms with Gasteiger partial charge in [-0.1, -0.05) is 42.5 Å². The van der Waals surface area contributed by atoms with Gasteiger partial charge in [0.05, 0.1) is 6.54 Å². The first-order chi connectivity index (χ1) is 13.5. The lowest BCUT2D eigenvalue weighted by Gasteiger charge is -2.31. The Balaban J connectivity index is 1.78. The molecule has 1 aliphatic heterocycles. The number of aromatic nitrogens is 1. The molecule has 7 nitrogen and oxygen atoms in total. The van der Waals surface area contributed by atoms with Crippen LogP contribution in [0.5, 0.6) is 5.75 Å². The van der Waals surface area contributed by atoms with Gasteiger partial charge in [-0.2, -0.15) is 0 Å². The quantitative estimate of drug-likeness (QED) is 0.508. The van der Waals surface area contributed by atoms with Crippen molar-refractivity contribution < 1.29 is 18.8 Å². The number of carbonyl (C=O) groups excluding carboxylic acids is 1. The van der Waals surface area contributed by atoms with Gasteiger partial charge in [0, 0.05) is 11.6 Å².